The van der Waals surface area contributed by atoms with Gasteiger partial charge in [0.25, 0.3) is 5.56 Å². The Morgan fingerprint density at radius 3 is 2.22 bits per heavy atom. The second-order valence-electron chi connectivity index (χ2n) is 9.41. The third-order valence-electron chi connectivity index (χ3n) is 6.34. The van der Waals surface area contributed by atoms with E-state index < -0.39 is 11.9 Å². The largest absolute Gasteiger partial charge is 0.428 e. The molecule has 210 valence electrons. The van der Waals surface area contributed by atoms with Crippen molar-refractivity contribution in [3.05, 3.63) is 118 Å². The second kappa shape index (κ2) is 13.7. The summed E-state index contributed by atoms with van der Waals surface area (Å²) < 4.78 is 11.1. The Hall–Kier alpha value is -5.18. The van der Waals surface area contributed by atoms with Gasteiger partial charge in [-0.05, 0) is 65.9 Å². The molecule has 0 fully saturated rings. The predicted octanol–water partition coefficient (Wildman–Crippen LogP) is 5.51. The highest BCUT2D eigenvalue weighted by molar-refractivity contribution is 6.00. The lowest BCUT2D eigenvalue weighted by Gasteiger charge is -2.11. The van der Waals surface area contributed by atoms with Gasteiger partial charge in [0.2, 0.25) is 6.79 Å². The minimum atomic E-state index is -0.510. The fourth-order valence-corrected chi connectivity index (χ4v) is 4.12. The number of nitrogens with zero attached hydrogens (tertiary/aromatic N) is 1. The number of benzene rings is 3. The summed E-state index contributed by atoms with van der Waals surface area (Å²) in [6.07, 6.45) is 2.38. The molecule has 2 amide bonds. The summed E-state index contributed by atoms with van der Waals surface area (Å²) in [5, 5.41) is 5.64. The van der Waals surface area contributed by atoms with Crippen molar-refractivity contribution in [2.45, 2.75) is 33.2 Å². The van der Waals surface area contributed by atoms with Crippen molar-refractivity contribution >= 4 is 29.3 Å². The van der Waals surface area contributed by atoms with Gasteiger partial charge in [0.05, 0.1) is 6.54 Å². The van der Waals surface area contributed by atoms with E-state index in [9.17, 15) is 19.2 Å². The van der Waals surface area contributed by atoms with Crippen molar-refractivity contribution < 1.29 is 23.9 Å². The maximum absolute atomic E-state index is 13.2. The molecule has 1 aromatic heterocycles. The van der Waals surface area contributed by atoms with Gasteiger partial charge < -0.3 is 24.7 Å². The summed E-state index contributed by atoms with van der Waals surface area (Å²) in [4.78, 5) is 48.1. The molecule has 9 nitrogen and oxygen atoms in total. The van der Waals surface area contributed by atoms with Crippen LogP contribution >= 0.6 is 0 Å². The van der Waals surface area contributed by atoms with Gasteiger partial charge in [0.15, 0.2) is 0 Å². The molecule has 0 aliphatic carbocycles. The Morgan fingerprint density at radius 2 is 1.51 bits per heavy atom. The molecule has 0 radical (unpaired) electrons. The van der Waals surface area contributed by atoms with E-state index in [1.807, 2.05) is 61.5 Å². The molecule has 3 aromatic carbocycles. The zero-order valence-corrected chi connectivity index (χ0v) is 22.9. The Morgan fingerprint density at radius 1 is 0.805 bits per heavy atom. The monoisotopic (exact) mass is 553 g/mol. The van der Waals surface area contributed by atoms with Crippen LogP contribution in [-0.4, -0.2) is 29.3 Å². The number of aromatic nitrogens is 1. The van der Waals surface area contributed by atoms with Crippen LogP contribution in [0.1, 0.15) is 30.0 Å². The third kappa shape index (κ3) is 8.40. The fourth-order valence-electron chi connectivity index (χ4n) is 4.12. The minimum Gasteiger partial charge on any atom is -0.428 e. The minimum absolute atomic E-state index is 0.134. The topological polar surface area (TPSA) is 116 Å². The first-order valence-electron chi connectivity index (χ1n) is 13.1. The van der Waals surface area contributed by atoms with E-state index in [4.69, 9.17) is 4.74 Å². The SMILES string of the molecule is CC(=O)OCOC(=O)CCc1ccc(Cn2cccc(-c3ccc(NC(=O)Nc4ccccc4C)cc3)c2=O)cc1. The first kappa shape index (κ1) is 28.8. The van der Waals surface area contributed by atoms with Crippen LogP contribution in [0.5, 0.6) is 0 Å². The maximum atomic E-state index is 13.2. The van der Waals surface area contributed by atoms with Crippen LogP contribution in [0.15, 0.2) is 95.9 Å². The number of carbonyl (C=O) groups is 3. The van der Waals surface area contributed by atoms with Gasteiger partial charge >= 0.3 is 18.0 Å². The Bertz CT molecular complexity index is 1580. The van der Waals surface area contributed by atoms with Crippen molar-refractivity contribution in [3.63, 3.8) is 0 Å². The number of ether oxygens (including phenoxy) is 2. The van der Waals surface area contributed by atoms with Gasteiger partial charge in [-0.2, -0.15) is 0 Å². The smallest absolute Gasteiger partial charge is 0.323 e. The highest BCUT2D eigenvalue weighted by Gasteiger charge is 2.09. The predicted molar refractivity (Wildman–Crippen MR) is 157 cm³/mol. The molecule has 0 unspecified atom stereocenters. The number of aryl methyl sites for hydroxylation is 2. The molecule has 9 heteroatoms. The molecule has 4 rings (SSSR count). The molecule has 1 heterocycles. The summed E-state index contributed by atoms with van der Waals surface area (Å²) >= 11 is 0. The molecule has 0 aliphatic rings. The summed E-state index contributed by atoms with van der Waals surface area (Å²) in [5.41, 5.74) is 5.34. The van der Waals surface area contributed by atoms with Gasteiger partial charge in [-0.3, -0.25) is 14.4 Å². The van der Waals surface area contributed by atoms with Crippen LogP contribution in [0.3, 0.4) is 0 Å². The standard InChI is InChI=1S/C32H31N3O6/c1-22-6-3-4-8-29(22)34-32(39)33-27-16-14-26(15-17-27)28-7-5-19-35(31(28)38)20-25-11-9-24(10-12-25)13-18-30(37)41-21-40-23(2)36/h3-12,14-17,19H,13,18,20-21H2,1-2H3,(H2,33,34,39). The average Bonchev–Trinajstić information content (AvgIpc) is 2.95. The lowest BCUT2D eigenvalue weighted by atomic mass is 10.1. The van der Waals surface area contributed by atoms with E-state index in [0.29, 0.717) is 24.2 Å². The number of urea groups is 1. The van der Waals surface area contributed by atoms with Crippen LogP contribution < -0.4 is 16.2 Å². The quantitative estimate of drug-likeness (QED) is 0.198. The number of carbonyl (C=O) groups excluding carboxylic acids is 3. The Balaban J connectivity index is 1.34. The molecule has 41 heavy (non-hydrogen) atoms. The molecular formula is C32H31N3O6. The molecule has 0 atom stereocenters. The number of anilines is 2. The number of hydrogen-bond donors (Lipinski definition) is 2. The molecule has 0 aliphatic heterocycles. The number of nitrogens with one attached hydrogen (secondary N) is 2. The van der Waals surface area contributed by atoms with Gasteiger partial charge in [0, 0.05) is 36.5 Å². The van der Waals surface area contributed by atoms with Gasteiger partial charge in [-0.15, -0.1) is 0 Å². The number of amides is 2. The number of para-hydroxylation sites is 1. The van der Waals surface area contributed by atoms with E-state index in [1.54, 1.807) is 41.1 Å². The van der Waals surface area contributed by atoms with Crippen molar-refractivity contribution in [1.82, 2.24) is 4.57 Å². The second-order valence-corrected chi connectivity index (χ2v) is 9.41. The Labute approximate surface area is 237 Å². The third-order valence-corrected chi connectivity index (χ3v) is 6.34. The number of esters is 2. The van der Waals surface area contributed by atoms with E-state index in [2.05, 4.69) is 15.4 Å². The average molecular weight is 554 g/mol. The highest BCUT2D eigenvalue weighted by Crippen LogP contribution is 2.20. The fraction of sp³-hybridized carbons (Fsp3) is 0.188. The molecule has 0 saturated carbocycles. The summed E-state index contributed by atoms with van der Waals surface area (Å²) in [7, 11) is 0. The van der Waals surface area contributed by atoms with E-state index in [1.165, 1.54) is 6.92 Å². The van der Waals surface area contributed by atoms with E-state index in [0.717, 1.165) is 27.9 Å². The van der Waals surface area contributed by atoms with Gasteiger partial charge in [-0.25, -0.2) is 4.79 Å². The number of rotatable bonds is 10. The van der Waals surface area contributed by atoms with Crippen LogP contribution in [0.4, 0.5) is 16.2 Å². The first-order valence-corrected chi connectivity index (χ1v) is 13.1. The lowest BCUT2D eigenvalue weighted by molar-refractivity contribution is -0.165. The van der Waals surface area contributed by atoms with Crippen LogP contribution in [0.2, 0.25) is 0 Å². The first-order chi connectivity index (χ1) is 19.8. The highest BCUT2D eigenvalue weighted by atomic mass is 16.7. The zero-order valence-electron chi connectivity index (χ0n) is 22.9. The normalized spacial score (nSPS) is 10.5. The molecule has 4 aromatic rings. The lowest BCUT2D eigenvalue weighted by Crippen LogP contribution is -2.21. The van der Waals surface area contributed by atoms with Gasteiger partial charge in [-0.1, -0.05) is 54.6 Å². The summed E-state index contributed by atoms with van der Waals surface area (Å²) in [6, 6.07) is 25.6. The summed E-state index contributed by atoms with van der Waals surface area (Å²) in [6.45, 7) is 3.17. The number of hydrogen-bond acceptors (Lipinski definition) is 6. The number of pyridine rings is 1. The van der Waals surface area contributed by atoms with E-state index in [-0.39, 0.29) is 24.8 Å². The maximum Gasteiger partial charge on any atom is 0.323 e. The molecular weight excluding hydrogens is 522 g/mol. The zero-order chi connectivity index (χ0) is 29.2. The summed E-state index contributed by atoms with van der Waals surface area (Å²) in [5.74, 6) is -0.961. The molecule has 2 N–H and O–H groups in total. The molecule has 0 bridgehead atoms. The molecule has 0 saturated heterocycles. The van der Waals surface area contributed by atoms with Crippen LogP contribution in [-0.2, 0) is 32.0 Å². The van der Waals surface area contributed by atoms with Crippen molar-refractivity contribution in [2.75, 3.05) is 17.4 Å². The van der Waals surface area contributed by atoms with E-state index >= 15 is 0 Å². The van der Waals surface area contributed by atoms with Crippen molar-refractivity contribution in [2.24, 2.45) is 0 Å². The van der Waals surface area contributed by atoms with Gasteiger partial charge in [0.1, 0.15) is 0 Å². The van der Waals surface area contributed by atoms with Crippen LogP contribution in [0, 0.1) is 6.92 Å². The van der Waals surface area contributed by atoms with Crippen molar-refractivity contribution in [1.29, 1.82) is 0 Å². The Kier molecular flexibility index (Phi) is 9.66. The molecule has 0 spiro atoms. The van der Waals surface area contributed by atoms with Crippen LogP contribution in [0.25, 0.3) is 11.1 Å². The van der Waals surface area contributed by atoms with Crippen molar-refractivity contribution in [3.8, 4) is 11.1 Å².